The molecule has 0 bridgehead atoms. The molecular weight excluding hydrogens is 710 g/mol. The summed E-state index contributed by atoms with van der Waals surface area (Å²) in [5, 5.41) is 117. The molecule has 0 saturated carbocycles. The summed E-state index contributed by atoms with van der Waals surface area (Å²) in [6, 6.07) is -0.978. The smallest absolute Gasteiger partial charge is 0.220 e. The van der Waals surface area contributed by atoms with Crippen molar-refractivity contribution < 1.29 is 89.4 Å². The van der Waals surface area contributed by atoms with Crippen LogP contribution in [0.3, 0.4) is 0 Å². The fourth-order valence-corrected chi connectivity index (χ4v) is 6.03. The second-order valence-corrected chi connectivity index (χ2v) is 13.3. The minimum Gasteiger partial charge on any atom is -0.394 e. The van der Waals surface area contributed by atoms with Crippen LogP contribution in [0.5, 0.6) is 0 Å². The SMILES string of the molecule is CCCC/C=C/CC/C=C/C(O)C(COC1OC(CO)C(OC2OC(CO)C(OC3OC(CO)C(O)C(O)C3O)C(O)C2O)C(O)C1O)NC(=O)CC. The first-order valence-electron chi connectivity index (χ1n) is 18.1. The van der Waals surface area contributed by atoms with Gasteiger partial charge in [-0.3, -0.25) is 4.79 Å². The molecule has 0 aromatic heterocycles. The summed E-state index contributed by atoms with van der Waals surface area (Å²) >= 11 is 0. The summed E-state index contributed by atoms with van der Waals surface area (Å²) < 4.78 is 33.4. The van der Waals surface area contributed by atoms with E-state index in [2.05, 4.69) is 24.4 Å². The first kappa shape index (κ1) is 45.7. The molecule has 19 nitrogen and oxygen atoms in total. The largest absolute Gasteiger partial charge is 0.394 e. The highest BCUT2D eigenvalue weighted by Gasteiger charge is 2.53. The summed E-state index contributed by atoms with van der Waals surface area (Å²) in [5.74, 6) is -0.382. The van der Waals surface area contributed by atoms with Gasteiger partial charge in [0.15, 0.2) is 18.9 Å². The van der Waals surface area contributed by atoms with Crippen molar-refractivity contribution in [2.75, 3.05) is 26.4 Å². The number of amides is 1. The average Bonchev–Trinajstić information content (AvgIpc) is 3.15. The molecule has 0 aliphatic carbocycles. The van der Waals surface area contributed by atoms with Crippen LogP contribution in [0.25, 0.3) is 0 Å². The number of rotatable bonds is 20. The van der Waals surface area contributed by atoms with Gasteiger partial charge in [0.1, 0.15) is 73.2 Å². The van der Waals surface area contributed by atoms with E-state index in [0.29, 0.717) is 6.42 Å². The third-order valence-electron chi connectivity index (χ3n) is 9.32. The van der Waals surface area contributed by atoms with E-state index in [4.69, 9.17) is 28.4 Å². The predicted molar refractivity (Wildman–Crippen MR) is 180 cm³/mol. The Bertz CT molecular complexity index is 1110. The molecule has 0 radical (unpaired) electrons. The number of nitrogens with one attached hydrogen (secondary N) is 1. The predicted octanol–water partition coefficient (Wildman–Crippen LogP) is -4.21. The molecule has 0 aromatic carbocycles. The molecule has 17 atom stereocenters. The highest BCUT2D eigenvalue weighted by Crippen LogP contribution is 2.32. The molecule has 3 saturated heterocycles. The monoisotopic (exact) mass is 769 g/mol. The zero-order valence-corrected chi connectivity index (χ0v) is 30.0. The fourth-order valence-electron chi connectivity index (χ4n) is 6.03. The van der Waals surface area contributed by atoms with E-state index in [-0.39, 0.29) is 18.9 Å². The van der Waals surface area contributed by atoms with E-state index in [1.54, 1.807) is 13.0 Å². The van der Waals surface area contributed by atoms with Crippen LogP contribution in [-0.2, 0) is 33.2 Å². The number of allylic oxidation sites excluding steroid dienone is 3. The van der Waals surface area contributed by atoms with Gasteiger partial charge >= 0.3 is 0 Å². The second-order valence-electron chi connectivity index (χ2n) is 13.3. The number of aliphatic hydroxyl groups excluding tert-OH is 11. The van der Waals surface area contributed by atoms with Crippen molar-refractivity contribution in [3.63, 3.8) is 0 Å². The van der Waals surface area contributed by atoms with Crippen LogP contribution in [0, 0.1) is 0 Å². The van der Waals surface area contributed by atoms with Crippen LogP contribution < -0.4 is 5.32 Å². The lowest BCUT2D eigenvalue weighted by molar-refractivity contribution is -0.379. The van der Waals surface area contributed by atoms with E-state index in [1.165, 1.54) is 6.08 Å². The lowest BCUT2D eigenvalue weighted by Crippen LogP contribution is -2.66. The molecule has 3 rings (SSSR count). The summed E-state index contributed by atoms with van der Waals surface area (Å²) in [4.78, 5) is 12.2. The molecule has 17 unspecified atom stereocenters. The Kier molecular flexibility index (Phi) is 19.6. The van der Waals surface area contributed by atoms with Gasteiger partial charge in [0.05, 0.1) is 38.6 Å². The van der Waals surface area contributed by atoms with Gasteiger partial charge in [0, 0.05) is 6.42 Å². The molecule has 12 N–H and O–H groups in total. The van der Waals surface area contributed by atoms with E-state index in [1.807, 2.05) is 0 Å². The molecule has 19 heteroatoms. The lowest BCUT2D eigenvalue weighted by Gasteiger charge is -2.48. The highest BCUT2D eigenvalue weighted by atomic mass is 16.8. The van der Waals surface area contributed by atoms with Crippen molar-refractivity contribution in [2.24, 2.45) is 0 Å². The van der Waals surface area contributed by atoms with E-state index < -0.39 is 124 Å². The minimum absolute atomic E-state index is 0.115. The second kappa shape index (κ2) is 22.7. The van der Waals surface area contributed by atoms with Crippen LogP contribution in [0.4, 0.5) is 0 Å². The topological polar surface area (TPSA) is 307 Å². The number of carbonyl (C=O) groups excluding carboxylic acids is 1. The lowest BCUT2D eigenvalue weighted by atomic mass is 9.96. The van der Waals surface area contributed by atoms with Crippen molar-refractivity contribution in [1.82, 2.24) is 5.32 Å². The highest BCUT2D eigenvalue weighted by molar-refractivity contribution is 5.75. The van der Waals surface area contributed by atoms with Gasteiger partial charge in [-0.15, -0.1) is 0 Å². The number of carbonyl (C=O) groups is 1. The molecule has 3 heterocycles. The molecular formula is C34H59NO18. The van der Waals surface area contributed by atoms with E-state index in [0.717, 1.165) is 25.7 Å². The van der Waals surface area contributed by atoms with Crippen LogP contribution in [-0.4, -0.2) is 193 Å². The Labute approximate surface area is 308 Å². The Morgan fingerprint density at radius 2 is 1.15 bits per heavy atom. The van der Waals surface area contributed by atoms with Gasteiger partial charge in [0.25, 0.3) is 0 Å². The third kappa shape index (κ3) is 12.4. The molecule has 3 aliphatic rings. The maximum atomic E-state index is 12.2. The first-order chi connectivity index (χ1) is 25.3. The van der Waals surface area contributed by atoms with Crippen molar-refractivity contribution in [2.45, 2.75) is 157 Å². The Morgan fingerprint density at radius 3 is 1.70 bits per heavy atom. The molecule has 1 amide bonds. The molecule has 0 aromatic rings. The molecule has 0 spiro atoms. The van der Waals surface area contributed by atoms with Gasteiger partial charge in [0.2, 0.25) is 5.91 Å². The van der Waals surface area contributed by atoms with Crippen molar-refractivity contribution in [3.8, 4) is 0 Å². The molecule has 308 valence electrons. The zero-order chi connectivity index (χ0) is 39.2. The number of unbranched alkanes of at least 4 members (excludes halogenated alkanes) is 3. The van der Waals surface area contributed by atoms with Gasteiger partial charge in [-0.2, -0.15) is 0 Å². The van der Waals surface area contributed by atoms with Crippen LogP contribution in [0.1, 0.15) is 52.4 Å². The van der Waals surface area contributed by atoms with E-state index in [9.17, 15) is 61.0 Å². The number of hydrogen-bond donors (Lipinski definition) is 12. The summed E-state index contributed by atoms with van der Waals surface area (Å²) in [6.45, 7) is 0.934. The van der Waals surface area contributed by atoms with Crippen molar-refractivity contribution >= 4 is 5.91 Å². The summed E-state index contributed by atoms with van der Waals surface area (Å²) in [5.41, 5.74) is 0. The summed E-state index contributed by atoms with van der Waals surface area (Å²) in [6.07, 6.45) is -14.6. The zero-order valence-electron chi connectivity index (χ0n) is 30.0. The molecule has 3 fully saturated rings. The standard InChI is InChI=1S/C34H59NO18/c1-3-5-6-7-8-9-10-11-12-18(39)17(35-22(40)4-2)16-48-32-28(46)25(43)30(20(14-37)50-32)53-34-29(47)26(44)31(21(15-38)51-34)52-33-27(45)24(42)23(41)19(13-36)49-33/h7-8,11-12,17-21,23-34,36-39,41-47H,3-6,9-10,13-16H2,1-2H3,(H,35,40)/b8-7+,12-11+. The first-order valence-corrected chi connectivity index (χ1v) is 18.1. The Balaban J connectivity index is 1.63. The molecule has 53 heavy (non-hydrogen) atoms. The average molecular weight is 770 g/mol. The van der Waals surface area contributed by atoms with E-state index >= 15 is 0 Å². The van der Waals surface area contributed by atoms with Crippen molar-refractivity contribution in [3.05, 3.63) is 24.3 Å². The van der Waals surface area contributed by atoms with Gasteiger partial charge in [-0.05, 0) is 19.3 Å². The maximum Gasteiger partial charge on any atom is 0.220 e. The Morgan fingerprint density at radius 1 is 0.660 bits per heavy atom. The molecule has 3 aliphatic heterocycles. The minimum atomic E-state index is -1.97. The number of aliphatic hydroxyl groups is 11. The Hall–Kier alpha value is -1.73. The quantitative estimate of drug-likeness (QED) is 0.0413. The normalized spacial score (nSPS) is 39.4. The summed E-state index contributed by atoms with van der Waals surface area (Å²) in [7, 11) is 0. The number of hydrogen-bond acceptors (Lipinski definition) is 18. The van der Waals surface area contributed by atoms with Crippen molar-refractivity contribution in [1.29, 1.82) is 0 Å². The van der Waals surface area contributed by atoms with Crippen LogP contribution >= 0.6 is 0 Å². The van der Waals surface area contributed by atoms with Gasteiger partial charge in [-0.1, -0.05) is 51.0 Å². The van der Waals surface area contributed by atoms with Crippen LogP contribution in [0.2, 0.25) is 0 Å². The number of ether oxygens (including phenoxy) is 6. The maximum absolute atomic E-state index is 12.2. The van der Waals surface area contributed by atoms with Gasteiger partial charge < -0.3 is 89.9 Å². The third-order valence-corrected chi connectivity index (χ3v) is 9.32. The van der Waals surface area contributed by atoms with Gasteiger partial charge in [-0.25, -0.2) is 0 Å². The van der Waals surface area contributed by atoms with Crippen LogP contribution in [0.15, 0.2) is 24.3 Å². The fraction of sp³-hybridized carbons (Fsp3) is 0.853.